The van der Waals surface area contributed by atoms with Crippen LogP contribution in [-0.4, -0.2) is 18.9 Å². The van der Waals surface area contributed by atoms with Gasteiger partial charge >= 0.3 is 0 Å². The van der Waals surface area contributed by atoms with Crippen LogP contribution in [0.25, 0.3) is 0 Å². The van der Waals surface area contributed by atoms with Crippen molar-refractivity contribution in [1.29, 1.82) is 0 Å². The van der Waals surface area contributed by atoms with Crippen molar-refractivity contribution >= 4 is 56.6 Å². The molecule has 3 aromatic carbocycles. The number of carbonyl (C=O) groups excluding carboxylic acids is 2. The predicted molar refractivity (Wildman–Crippen MR) is 121 cm³/mol. The second kappa shape index (κ2) is 8.69. The molecule has 164 valence electrons. The van der Waals surface area contributed by atoms with Crippen LogP contribution in [0.1, 0.15) is 37.9 Å². The molecule has 0 aromatic heterocycles. The summed E-state index contributed by atoms with van der Waals surface area (Å²) in [6.07, 6.45) is 0. The Balaban J connectivity index is 1.83. The van der Waals surface area contributed by atoms with E-state index < -0.39 is 29.5 Å². The van der Waals surface area contributed by atoms with Gasteiger partial charge in [-0.2, -0.15) is 0 Å². The van der Waals surface area contributed by atoms with Gasteiger partial charge in [-0.3, -0.25) is 9.59 Å². The molecule has 0 fully saturated rings. The Bertz CT molecular complexity index is 1290. The molecule has 1 atom stereocenters. The number of benzene rings is 3. The summed E-state index contributed by atoms with van der Waals surface area (Å²) in [7, 11) is 1.23. The smallest absolute Gasteiger partial charge is 0.259 e. The van der Waals surface area contributed by atoms with E-state index in [1.807, 2.05) is 0 Å². The lowest BCUT2D eigenvalue weighted by molar-refractivity contribution is 0.0959. The molecule has 0 radical (unpaired) electrons. The van der Waals surface area contributed by atoms with Crippen molar-refractivity contribution in [1.82, 2.24) is 5.32 Å². The summed E-state index contributed by atoms with van der Waals surface area (Å²) in [6, 6.07) is 8.42. The predicted octanol–water partition coefficient (Wildman–Crippen LogP) is 6.13. The van der Waals surface area contributed by atoms with E-state index in [0.717, 1.165) is 6.07 Å². The van der Waals surface area contributed by atoms with E-state index in [9.17, 15) is 18.4 Å². The number of carbonyl (C=O) groups is 2. The Hall–Kier alpha value is -2.68. The molecule has 10 heteroatoms. The molecule has 1 unspecified atom stereocenters. The standard InChI is InChI=1S/C22H13BrCl2F2N2O3/c1-32-20-14(6-10(24)7-16(20)27)22(31)28-17-5-9(23)4-13-18(17)19(29-21(13)30)12-8-11(26)2-3-15(12)25/h2-8,19H,1H3,(H,28,31)(H,29,30). The maximum atomic E-state index is 14.2. The lowest BCUT2D eigenvalue weighted by Gasteiger charge is -2.19. The van der Waals surface area contributed by atoms with Crippen LogP contribution in [0.5, 0.6) is 5.75 Å². The van der Waals surface area contributed by atoms with Gasteiger partial charge in [-0.15, -0.1) is 0 Å². The topological polar surface area (TPSA) is 67.4 Å². The van der Waals surface area contributed by atoms with E-state index in [2.05, 4.69) is 26.6 Å². The summed E-state index contributed by atoms with van der Waals surface area (Å²) in [6.45, 7) is 0. The molecule has 1 aliphatic heterocycles. The van der Waals surface area contributed by atoms with Crippen molar-refractivity contribution in [2.75, 3.05) is 12.4 Å². The second-order valence-corrected chi connectivity index (χ2v) is 8.67. The molecule has 4 rings (SSSR count). The molecular weight excluding hydrogens is 529 g/mol. The molecule has 0 spiro atoms. The fourth-order valence-corrected chi connectivity index (χ4v) is 4.49. The number of anilines is 1. The van der Waals surface area contributed by atoms with Gasteiger partial charge in [0.15, 0.2) is 11.6 Å². The number of hydrogen-bond donors (Lipinski definition) is 2. The minimum Gasteiger partial charge on any atom is -0.493 e. The maximum absolute atomic E-state index is 14.2. The van der Waals surface area contributed by atoms with E-state index >= 15 is 0 Å². The van der Waals surface area contributed by atoms with E-state index in [1.165, 1.54) is 31.4 Å². The SMILES string of the molecule is COc1c(F)cc(Cl)cc1C(=O)Nc1cc(Br)cc2c1C(c1cc(F)ccc1Cl)NC2=O. The normalized spacial score (nSPS) is 14.7. The molecule has 2 N–H and O–H groups in total. The van der Waals surface area contributed by atoms with Gasteiger partial charge in [-0.25, -0.2) is 8.78 Å². The Morgan fingerprint density at radius 1 is 1.16 bits per heavy atom. The van der Waals surface area contributed by atoms with E-state index in [1.54, 1.807) is 12.1 Å². The first kappa shape index (κ1) is 22.5. The van der Waals surface area contributed by atoms with Crippen molar-refractivity contribution in [2.24, 2.45) is 0 Å². The molecular formula is C22H13BrCl2F2N2O3. The fourth-order valence-electron chi connectivity index (χ4n) is 3.60. The minimum absolute atomic E-state index is 0.00850. The largest absolute Gasteiger partial charge is 0.493 e. The highest BCUT2D eigenvalue weighted by Crippen LogP contribution is 2.41. The van der Waals surface area contributed by atoms with Gasteiger partial charge in [0.05, 0.1) is 18.7 Å². The van der Waals surface area contributed by atoms with Gasteiger partial charge in [-0.1, -0.05) is 39.1 Å². The second-order valence-electron chi connectivity index (χ2n) is 6.91. The van der Waals surface area contributed by atoms with Crippen molar-refractivity contribution in [3.05, 3.63) is 90.9 Å². The van der Waals surface area contributed by atoms with Gasteiger partial charge in [0, 0.05) is 36.9 Å². The number of amides is 2. The highest BCUT2D eigenvalue weighted by Gasteiger charge is 2.35. The number of hydrogen-bond acceptors (Lipinski definition) is 3. The average molecular weight is 542 g/mol. The van der Waals surface area contributed by atoms with Gasteiger partial charge in [0.1, 0.15) is 5.82 Å². The Kier molecular flexibility index (Phi) is 6.11. The first-order chi connectivity index (χ1) is 15.2. The number of methoxy groups -OCH3 is 1. The first-order valence-electron chi connectivity index (χ1n) is 9.13. The highest BCUT2D eigenvalue weighted by atomic mass is 79.9. The summed E-state index contributed by atoms with van der Waals surface area (Å²) in [5.74, 6) is -2.75. The number of halogens is 5. The summed E-state index contributed by atoms with van der Waals surface area (Å²) in [5.41, 5.74) is 1.09. The van der Waals surface area contributed by atoms with Crippen LogP contribution in [0, 0.1) is 11.6 Å². The summed E-state index contributed by atoms with van der Waals surface area (Å²) >= 11 is 15.5. The van der Waals surface area contributed by atoms with Crippen LogP contribution in [0.15, 0.2) is 46.9 Å². The monoisotopic (exact) mass is 540 g/mol. The third kappa shape index (κ3) is 4.05. The molecule has 0 bridgehead atoms. The summed E-state index contributed by atoms with van der Waals surface area (Å²) in [4.78, 5) is 25.7. The molecule has 1 heterocycles. The summed E-state index contributed by atoms with van der Waals surface area (Å²) in [5, 5.41) is 5.68. The fraction of sp³-hybridized carbons (Fsp3) is 0.0909. The third-order valence-electron chi connectivity index (χ3n) is 4.93. The molecule has 0 saturated heterocycles. The lowest BCUT2D eigenvalue weighted by atomic mass is 9.96. The van der Waals surface area contributed by atoms with Crippen LogP contribution in [-0.2, 0) is 0 Å². The quantitative estimate of drug-likeness (QED) is 0.417. The maximum Gasteiger partial charge on any atom is 0.259 e. The molecule has 1 aliphatic rings. The Morgan fingerprint density at radius 2 is 1.91 bits per heavy atom. The number of fused-ring (bicyclic) bond motifs is 1. The molecule has 2 amide bonds. The van der Waals surface area contributed by atoms with Crippen LogP contribution in [0.2, 0.25) is 10.0 Å². The van der Waals surface area contributed by atoms with E-state index in [-0.39, 0.29) is 32.6 Å². The van der Waals surface area contributed by atoms with Gasteiger partial charge in [-0.05, 0) is 42.5 Å². The van der Waals surface area contributed by atoms with Gasteiger partial charge in [0.2, 0.25) is 0 Å². The number of rotatable bonds is 4. The third-order valence-corrected chi connectivity index (χ3v) is 5.95. The Labute approximate surface area is 199 Å². The first-order valence-corrected chi connectivity index (χ1v) is 10.7. The number of ether oxygens (including phenoxy) is 1. The zero-order valence-corrected chi connectivity index (χ0v) is 19.3. The van der Waals surface area contributed by atoms with Crippen LogP contribution < -0.4 is 15.4 Å². The number of nitrogens with one attached hydrogen (secondary N) is 2. The lowest BCUT2D eigenvalue weighted by Crippen LogP contribution is -2.21. The average Bonchev–Trinajstić information content (AvgIpc) is 3.05. The van der Waals surface area contributed by atoms with Gasteiger partial charge < -0.3 is 15.4 Å². The zero-order valence-electron chi connectivity index (χ0n) is 16.2. The zero-order chi connectivity index (χ0) is 23.2. The molecule has 5 nitrogen and oxygen atoms in total. The highest BCUT2D eigenvalue weighted by molar-refractivity contribution is 9.10. The van der Waals surface area contributed by atoms with Crippen molar-refractivity contribution in [3.63, 3.8) is 0 Å². The van der Waals surface area contributed by atoms with Gasteiger partial charge in [0.25, 0.3) is 11.8 Å². The molecule has 32 heavy (non-hydrogen) atoms. The Morgan fingerprint density at radius 3 is 2.62 bits per heavy atom. The van der Waals surface area contributed by atoms with E-state index in [0.29, 0.717) is 15.6 Å². The van der Waals surface area contributed by atoms with Crippen LogP contribution >= 0.6 is 39.1 Å². The van der Waals surface area contributed by atoms with Crippen molar-refractivity contribution in [3.8, 4) is 5.75 Å². The minimum atomic E-state index is -0.818. The van der Waals surface area contributed by atoms with Crippen molar-refractivity contribution in [2.45, 2.75) is 6.04 Å². The molecule has 0 aliphatic carbocycles. The summed E-state index contributed by atoms with van der Waals surface area (Å²) < 4.78 is 33.7. The van der Waals surface area contributed by atoms with Crippen LogP contribution in [0.3, 0.4) is 0 Å². The van der Waals surface area contributed by atoms with Crippen molar-refractivity contribution < 1.29 is 23.1 Å². The van der Waals surface area contributed by atoms with E-state index in [4.69, 9.17) is 27.9 Å². The molecule has 3 aromatic rings. The van der Waals surface area contributed by atoms with Crippen LogP contribution in [0.4, 0.5) is 14.5 Å². The molecule has 0 saturated carbocycles.